The Balaban J connectivity index is 0.00000625. The molecule has 0 aliphatic rings. The maximum absolute atomic E-state index is 11.8. The van der Waals surface area contributed by atoms with Gasteiger partial charge in [0, 0.05) is 4.90 Å². The first-order valence-corrected chi connectivity index (χ1v) is 12.5. The van der Waals surface area contributed by atoms with E-state index in [1.807, 2.05) is 18.2 Å². The third-order valence-corrected chi connectivity index (χ3v) is 8.41. The summed E-state index contributed by atoms with van der Waals surface area (Å²) < 4.78 is 27.6. The Bertz CT molecular complexity index is 589. The Morgan fingerprint density at radius 1 is 1.15 bits per heavy atom. The fraction of sp³-hybridized carbons (Fsp3) is 0.600. The fourth-order valence-corrected chi connectivity index (χ4v) is 6.01. The minimum atomic E-state index is -4.84. The second-order valence-electron chi connectivity index (χ2n) is 5.45. The van der Waals surface area contributed by atoms with Gasteiger partial charge in [-0.15, -0.1) is 11.8 Å². The molecule has 0 radical (unpaired) electrons. The second-order valence-corrected chi connectivity index (χ2v) is 10.6. The number of nitrogens with one attached hydrogen (secondary N) is 1. The average Bonchev–Trinajstić information content (AvgIpc) is 2.52. The van der Waals surface area contributed by atoms with Crippen LogP contribution in [0.1, 0.15) is 32.6 Å². The molecule has 0 fully saturated rings. The van der Waals surface area contributed by atoms with E-state index in [0.717, 1.165) is 25.0 Å². The minimum absolute atomic E-state index is 0. The third-order valence-electron chi connectivity index (χ3n) is 3.34. The average molecular weight is 433 g/mol. The number of rotatable bonds is 13. The molecule has 0 saturated heterocycles. The first-order chi connectivity index (χ1) is 11.8. The smallest absolute Gasteiger partial charge is 0.777 e. The molecule has 144 valence electrons. The molecule has 1 aromatic rings. The molecule has 7 nitrogen and oxygen atoms in total. The standard InChI is InChI=1S/C15H27NO6P2S.Na/c1-2-22-24(20,21)15(23(17,18)19)16-12-8-3-4-9-13-25-14-10-6-5-7-11-14;/h5-7,10-11,15-16H,2-4,8-9,12-13H2,1H3,(H,20,21)(H2,17,18,19);/q;+1/p-1. The van der Waals surface area contributed by atoms with Gasteiger partial charge in [-0.05, 0) is 44.2 Å². The molecule has 0 aliphatic heterocycles. The van der Waals surface area contributed by atoms with Crippen LogP contribution in [0.25, 0.3) is 0 Å². The molecule has 1 aromatic carbocycles. The Morgan fingerprint density at radius 2 is 1.77 bits per heavy atom. The monoisotopic (exact) mass is 433 g/mol. The van der Waals surface area contributed by atoms with Gasteiger partial charge in [0.25, 0.3) is 0 Å². The van der Waals surface area contributed by atoms with Gasteiger partial charge in [0.15, 0.2) is 13.1 Å². The summed E-state index contributed by atoms with van der Waals surface area (Å²) >= 11 is 1.79. The van der Waals surface area contributed by atoms with Gasteiger partial charge in [0.2, 0.25) is 0 Å². The fourth-order valence-electron chi connectivity index (χ4n) is 2.18. The first-order valence-electron chi connectivity index (χ1n) is 8.19. The molecule has 2 unspecified atom stereocenters. The van der Waals surface area contributed by atoms with E-state index in [1.165, 1.54) is 11.8 Å². The Kier molecular flexibility index (Phi) is 14.4. The van der Waals surface area contributed by atoms with Crippen molar-refractivity contribution in [3.63, 3.8) is 0 Å². The molecule has 0 aliphatic carbocycles. The van der Waals surface area contributed by atoms with E-state index in [4.69, 9.17) is 0 Å². The predicted molar refractivity (Wildman–Crippen MR) is 98.7 cm³/mol. The van der Waals surface area contributed by atoms with Crippen LogP contribution in [0.4, 0.5) is 0 Å². The molecule has 26 heavy (non-hydrogen) atoms. The maximum Gasteiger partial charge on any atom is 1.00 e. The van der Waals surface area contributed by atoms with Gasteiger partial charge < -0.3 is 23.8 Å². The predicted octanol–water partition coefficient (Wildman–Crippen LogP) is -0.0161. The Morgan fingerprint density at radius 3 is 2.35 bits per heavy atom. The van der Waals surface area contributed by atoms with Crippen LogP contribution in [0.3, 0.4) is 0 Å². The summed E-state index contributed by atoms with van der Waals surface area (Å²) in [6, 6.07) is 10.1. The van der Waals surface area contributed by atoms with Crippen molar-refractivity contribution in [1.82, 2.24) is 5.32 Å². The maximum atomic E-state index is 11.8. The van der Waals surface area contributed by atoms with Crippen LogP contribution in [-0.2, 0) is 13.7 Å². The molecule has 11 heteroatoms. The first kappa shape index (κ1) is 26.8. The van der Waals surface area contributed by atoms with E-state index in [1.54, 1.807) is 11.8 Å². The van der Waals surface area contributed by atoms with Crippen molar-refractivity contribution in [1.29, 1.82) is 0 Å². The van der Waals surface area contributed by atoms with Gasteiger partial charge in [-0.25, -0.2) is 0 Å². The molecule has 0 heterocycles. The van der Waals surface area contributed by atoms with Crippen molar-refractivity contribution in [2.24, 2.45) is 0 Å². The molecule has 0 amide bonds. The molecule has 3 N–H and O–H groups in total. The van der Waals surface area contributed by atoms with Crippen molar-refractivity contribution < 1.29 is 57.9 Å². The number of hydrogen-bond donors (Lipinski definition) is 3. The van der Waals surface area contributed by atoms with Gasteiger partial charge in [0.1, 0.15) is 0 Å². The quantitative estimate of drug-likeness (QED) is 0.172. The topological polar surface area (TPSA) is 119 Å². The van der Waals surface area contributed by atoms with E-state index < -0.39 is 20.7 Å². The normalized spacial score (nSPS) is 15.1. The largest absolute Gasteiger partial charge is 1.00 e. The molecule has 2 atom stereocenters. The van der Waals surface area contributed by atoms with E-state index in [0.29, 0.717) is 6.42 Å². The minimum Gasteiger partial charge on any atom is -0.777 e. The van der Waals surface area contributed by atoms with Gasteiger partial charge >= 0.3 is 37.2 Å². The van der Waals surface area contributed by atoms with E-state index in [2.05, 4.69) is 22.0 Å². The Labute approximate surface area is 181 Å². The summed E-state index contributed by atoms with van der Waals surface area (Å²) in [4.78, 5) is 31.4. The number of unbranched alkanes of at least 4 members (excludes halogenated alkanes) is 3. The summed E-state index contributed by atoms with van der Waals surface area (Å²) in [6.07, 6.45) is 3.50. The van der Waals surface area contributed by atoms with E-state index >= 15 is 0 Å². The van der Waals surface area contributed by atoms with Crippen molar-refractivity contribution in [3.05, 3.63) is 30.3 Å². The molecular formula is C15H26NNaO6P2S. The summed E-state index contributed by atoms with van der Waals surface area (Å²) in [6.45, 7) is 1.51. The molecule has 0 aromatic heterocycles. The van der Waals surface area contributed by atoms with Crippen LogP contribution in [0.2, 0.25) is 0 Å². The Hall–Kier alpha value is 0.830. The van der Waals surface area contributed by atoms with Crippen molar-refractivity contribution in [3.8, 4) is 0 Å². The van der Waals surface area contributed by atoms with Gasteiger partial charge in [-0.2, -0.15) is 0 Å². The van der Waals surface area contributed by atoms with Crippen molar-refractivity contribution in [2.75, 3.05) is 18.9 Å². The molecule has 1 rings (SSSR count). The molecule has 0 spiro atoms. The number of hydrogen-bond acceptors (Lipinski definition) is 6. The second kappa shape index (κ2) is 13.9. The van der Waals surface area contributed by atoms with Crippen LogP contribution in [0.5, 0.6) is 0 Å². The zero-order valence-corrected chi connectivity index (χ0v) is 19.8. The number of benzene rings is 1. The summed E-state index contributed by atoms with van der Waals surface area (Å²) in [7, 11) is -9.49. The van der Waals surface area contributed by atoms with Gasteiger partial charge in [0.05, 0.1) is 6.61 Å². The molecule has 0 bridgehead atoms. The van der Waals surface area contributed by atoms with Gasteiger partial charge in [-0.1, -0.05) is 31.0 Å². The third kappa shape index (κ3) is 11.0. The zero-order chi connectivity index (χ0) is 18.8. The molecule has 0 saturated carbocycles. The van der Waals surface area contributed by atoms with Crippen molar-refractivity contribution >= 4 is 27.0 Å². The zero-order valence-electron chi connectivity index (χ0n) is 15.2. The number of thioether (sulfide) groups is 1. The van der Waals surface area contributed by atoms with E-state index in [9.17, 15) is 23.8 Å². The summed E-state index contributed by atoms with van der Waals surface area (Å²) in [5.74, 6) is 1.00. The van der Waals surface area contributed by atoms with Crippen LogP contribution in [0.15, 0.2) is 35.2 Å². The van der Waals surface area contributed by atoms with Crippen LogP contribution in [0, 0.1) is 0 Å². The summed E-state index contributed by atoms with van der Waals surface area (Å²) in [5, 5.41) is 2.43. The van der Waals surface area contributed by atoms with Crippen molar-refractivity contribution in [2.45, 2.75) is 43.0 Å². The SMILES string of the molecule is CCOP(=O)([O-])C(NCCCCCCSc1ccccc1)P(=O)(O)O.[Na+]. The van der Waals surface area contributed by atoms with Crippen LogP contribution >= 0.6 is 27.0 Å². The van der Waals surface area contributed by atoms with Gasteiger partial charge in [-0.3, -0.25) is 9.88 Å². The summed E-state index contributed by atoms with van der Waals surface area (Å²) in [5.41, 5.74) is -1.98. The van der Waals surface area contributed by atoms with Crippen LogP contribution in [-0.4, -0.2) is 34.2 Å². The molecular weight excluding hydrogens is 407 g/mol. The van der Waals surface area contributed by atoms with Crippen LogP contribution < -0.4 is 39.8 Å². The van der Waals surface area contributed by atoms with E-state index in [-0.39, 0.29) is 42.7 Å².